The summed E-state index contributed by atoms with van der Waals surface area (Å²) < 4.78 is 0. The van der Waals surface area contributed by atoms with Crippen molar-refractivity contribution in [2.75, 3.05) is 24.5 Å². The SMILES string of the molecule is CCN(CC1(CCN)CC1)c1ccccc1C. The average molecular weight is 232 g/mol. The van der Waals surface area contributed by atoms with Gasteiger partial charge in [-0.15, -0.1) is 0 Å². The Balaban J connectivity index is 2.10. The number of benzene rings is 1. The Morgan fingerprint density at radius 1 is 1.29 bits per heavy atom. The topological polar surface area (TPSA) is 29.3 Å². The third-order valence-corrected chi connectivity index (χ3v) is 4.00. The minimum Gasteiger partial charge on any atom is -0.371 e. The van der Waals surface area contributed by atoms with Crippen LogP contribution in [0, 0.1) is 12.3 Å². The van der Waals surface area contributed by atoms with E-state index in [4.69, 9.17) is 5.73 Å². The molecule has 1 aromatic rings. The molecule has 0 heterocycles. The molecule has 0 bridgehead atoms. The van der Waals surface area contributed by atoms with Gasteiger partial charge in [0, 0.05) is 18.8 Å². The molecular formula is C15H24N2. The summed E-state index contributed by atoms with van der Waals surface area (Å²) in [5, 5.41) is 0. The highest BCUT2D eigenvalue weighted by molar-refractivity contribution is 5.53. The van der Waals surface area contributed by atoms with Crippen LogP contribution in [0.4, 0.5) is 5.69 Å². The van der Waals surface area contributed by atoms with E-state index in [1.54, 1.807) is 0 Å². The molecule has 0 saturated heterocycles. The molecule has 0 aliphatic heterocycles. The molecule has 0 unspecified atom stereocenters. The molecule has 0 radical (unpaired) electrons. The molecule has 1 aliphatic rings. The third kappa shape index (κ3) is 2.81. The Kier molecular flexibility index (Phi) is 3.72. The monoisotopic (exact) mass is 232 g/mol. The minimum atomic E-state index is 0.521. The molecule has 2 N–H and O–H groups in total. The molecule has 94 valence electrons. The minimum absolute atomic E-state index is 0.521. The van der Waals surface area contributed by atoms with Crippen molar-refractivity contribution in [2.45, 2.75) is 33.1 Å². The van der Waals surface area contributed by atoms with E-state index < -0.39 is 0 Å². The van der Waals surface area contributed by atoms with E-state index >= 15 is 0 Å². The summed E-state index contributed by atoms with van der Waals surface area (Å²) in [7, 11) is 0. The van der Waals surface area contributed by atoms with Crippen LogP contribution in [0.5, 0.6) is 0 Å². The second-order valence-corrected chi connectivity index (χ2v) is 5.34. The molecule has 0 aromatic heterocycles. The van der Waals surface area contributed by atoms with E-state index in [1.165, 1.54) is 37.1 Å². The predicted molar refractivity (Wildman–Crippen MR) is 74.4 cm³/mol. The number of para-hydroxylation sites is 1. The van der Waals surface area contributed by atoms with Crippen LogP contribution in [-0.2, 0) is 0 Å². The first kappa shape index (κ1) is 12.4. The van der Waals surface area contributed by atoms with Gasteiger partial charge in [0.15, 0.2) is 0 Å². The van der Waals surface area contributed by atoms with Gasteiger partial charge in [0.1, 0.15) is 0 Å². The fourth-order valence-electron chi connectivity index (χ4n) is 2.66. The van der Waals surface area contributed by atoms with E-state index in [2.05, 4.69) is 43.0 Å². The van der Waals surface area contributed by atoms with E-state index in [1.807, 2.05) is 0 Å². The highest BCUT2D eigenvalue weighted by Crippen LogP contribution is 2.49. The van der Waals surface area contributed by atoms with Crippen LogP contribution in [-0.4, -0.2) is 19.6 Å². The Labute approximate surface area is 105 Å². The number of aryl methyl sites for hydroxylation is 1. The molecule has 1 fully saturated rings. The van der Waals surface area contributed by atoms with Gasteiger partial charge in [-0.05, 0) is 56.7 Å². The van der Waals surface area contributed by atoms with Crippen molar-refractivity contribution in [3.63, 3.8) is 0 Å². The maximum atomic E-state index is 5.72. The van der Waals surface area contributed by atoms with Gasteiger partial charge in [0.25, 0.3) is 0 Å². The van der Waals surface area contributed by atoms with Crippen molar-refractivity contribution >= 4 is 5.69 Å². The number of anilines is 1. The zero-order valence-electron chi connectivity index (χ0n) is 11.1. The normalized spacial score (nSPS) is 16.9. The molecule has 0 spiro atoms. The first-order valence-electron chi connectivity index (χ1n) is 6.71. The van der Waals surface area contributed by atoms with Crippen molar-refractivity contribution in [3.05, 3.63) is 29.8 Å². The molecule has 2 nitrogen and oxygen atoms in total. The average Bonchev–Trinajstić information content (AvgIpc) is 3.08. The highest BCUT2D eigenvalue weighted by Gasteiger charge is 2.42. The van der Waals surface area contributed by atoms with Crippen LogP contribution in [0.1, 0.15) is 31.7 Å². The van der Waals surface area contributed by atoms with E-state index in [-0.39, 0.29) is 0 Å². The molecule has 17 heavy (non-hydrogen) atoms. The quantitative estimate of drug-likeness (QED) is 0.817. The lowest BCUT2D eigenvalue weighted by Crippen LogP contribution is -2.32. The van der Waals surface area contributed by atoms with Crippen LogP contribution in [0.3, 0.4) is 0 Å². The maximum absolute atomic E-state index is 5.72. The van der Waals surface area contributed by atoms with Gasteiger partial charge in [0.05, 0.1) is 0 Å². The number of nitrogens with zero attached hydrogens (tertiary/aromatic N) is 1. The van der Waals surface area contributed by atoms with E-state index in [0.717, 1.165) is 13.1 Å². The van der Waals surface area contributed by atoms with Gasteiger partial charge >= 0.3 is 0 Å². The van der Waals surface area contributed by atoms with Crippen molar-refractivity contribution < 1.29 is 0 Å². The first-order valence-corrected chi connectivity index (χ1v) is 6.71. The van der Waals surface area contributed by atoms with Crippen molar-refractivity contribution in [3.8, 4) is 0 Å². The Bertz CT molecular complexity index is 369. The Morgan fingerprint density at radius 3 is 2.53 bits per heavy atom. The summed E-state index contributed by atoms with van der Waals surface area (Å²) in [6, 6.07) is 8.67. The largest absolute Gasteiger partial charge is 0.371 e. The fraction of sp³-hybridized carbons (Fsp3) is 0.600. The second-order valence-electron chi connectivity index (χ2n) is 5.34. The number of rotatable bonds is 6. The lowest BCUT2D eigenvalue weighted by molar-refractivity contribution is 0.467. The smallest absolute Gasteiger partial charge is 0.0395 e. The number of nitrogens with two attached hydrogens (primary N) is 1. The number of hydrogen-bond donors (Lipinski definition) is 1. The highest BCUT2D eigenvalue weighted by atomic mass is 15.1. The van der Waals surface area contributed by atoms with E-state index in [0.29, 0.717) is 5.41 Å². The summed E-state index contributed by atoms with van der Waals surface area (Å²) in [6.45, 7) is 7.51. The lowest BCUT2D eigenvalue weighted by Gasteiger charge is -2.29. The molecule has 1 aromatic carbocycles. The molecule has 2 heteroatoms. The van der Waals surface area contributed by atoms with Crippen LogP contribution in [0.25, 0.3) is 0 Å². The summed E-state index contributed by atoms with van der Waals surface area (Å²) in [4.78, 5) is 2.51. The molecule has 0 atom stereocenters. The van der Waals surface area contributed by atoms with Crippen LogP contribution >= 0.6 is 0 Å². The summed E-state index contributed by atoms with van der Waals surface area (Å²) in [6.07, 6.45) is 3.88. The van der Waals surface area contributed by atoms with E-state index in [9.17, 15) is 0 Å². The Morgan fingerprint density at radius 2 is 2.00 bits per heavy atom. The van der Waals surface area contributed by atoms with Gasteiger partial charge in [-0.25, -0.2) is 0 Å². The van der Waals surface area contributed by atoms with Crippen LogP contribution in [0.2, 0.25) is 0 Å². The number of hydrogen-bond acceptors (Lipinski definition) is 2. The molecule has 1 aliphatic carbocycles. The summed E-state index contributed by atoms with van der Waals surface area (Å²) >= 11 is 0. The first-order chi connectivity index (χ1) is 8.21. The fourth-order valence-corrected chi connectivity index (χ4v) is 2.66. The van der Waals surface area contributed by atoms with Gasteiger partial charge < -0.3 is 10.6 Å². The zero-order chi connectivity index (χ0) is 12.3. The van der Waals surface area contributed by atoms with Gasteiger partial charge in [-0.1, -0.05) is 18.2 Å². The summed E-state index contributed by atoms with van der Waals surface area (Å²) in [5.41, 5.74) is 9.00. The zero-order valence-corrected chi connectivity index (χ0v) is 11.1. The Hall–Kier alpha value is -1.02. The van der Waals surface area contributed by atoms with Crippen LogP contribution < -0.4 is 10.6 Å². The lowest BCUT2D eigenvalue weighted by atomic mass is 10.0. The predicted octanol–water partition coefficient (Wildman–Crippen LogP) is 2.95. The van der Waals surface area contributed by atoms with Crippen LogP contribution in [0.15, 0.2) is 24.3 Å². The molecule has 0 amide bonds. The third-order valence-electron chi connectivity index (χ3n) is 4.00. The standard InChI is InChI=1S/C15H24N2/c1-3-17(12-15(8-9-15)10-11-16)14-7-5-4-6-13(14)2/h4-7H,3,8-12,16H2,1-2H3. The molecule has 2 rings (SSSR count). The van der Waals surface area contributed by atoms with Crippen molar-refractivity contribution in [1.82, 2.24) is 0 Å². The van der Waals surface area contributed by atoms with Crippen molar-refractivity contribution in [2.24, 2.45) is 11.1 Å². The molecular weight excluding hydrogens is 208 g/mol. The maximum Gasteiger partial charge on any atom is 0.0395 e. The van der Waals surface area contributed by atoms with Gasteiger partial charge in [-0.2, -0.15) is 0 Å². The molecule has 1 saturated carbocycles. The van der Waals surface area contributed by atoms with Gasteiger partial charge in [-0.3, -0.25) is 0 Å². The summed E-state index contributed by atoms with van der Waals surface area (Å²) in [5.74, 6) is 0. The van der Waals surface area contributed by atoms with Crippen molar-refractivity contribution in [1.29, 1.82) is 0 Å². The van der Waals surface area contributed by atoms with Gasteiger partial charge in [0.2, 0.25) is 0 Å². The second kappa shape index (κ2) is 5.09.